The van der Waals surface area contributed by atoms with Gasteiger partial charge in [0.1, 0.15) is 0 Å². The summed E-state index contributed by atoms with van der Waals surface area (Å²) in [5, 5.41) is 0. The molecule has 0 radical (unpaired) electrons. The van der Waals surface area contributed by atoms with E-state index in [4.69, 9.17) is 0 Å². The van der Waals surface area contributed by atoms with E-state index in [9.17, 15) is 0 Å². The van der Waals surface area contributed by atoms with Gasteiger partial charge in [-0.15, -0.1) is 0 Å². The molecule has 0 aliphatic heterocycles. The van der Waals surface area contributed by atoms with Crippen molar-refractivity contribution in [3.05, 3.63) is 0 Å². The van der Waals surface area contributed by atoms with Crippen molar-refractivity contribution in [3.63, 3.8) is 0 Å². The molecule has 40 valence electrons. The maximum atomic E-state index is 3.45. The van der Waals surface area contributed by atoms with Crippen LogP contribution in [0, 0.1) is 0 Å². The number of rotatable bonds is 1. The van der Waals surface area contributed by atoms with Crippen LogP contribution in [0.4, 0.5) is 0 Å². The summed E-state index contributed by atoms with van der Waals surface area (Å²) in [5.41, 5.74) is 0. The van der Waals surface area contributed by atoms with Crippen molar-refractivity contribution in [2.45, 2.75) is -1.66 Å². The predicted octanol–water partition coefficient (Wildman–Crippen LogP) is 0.262. The first-order chi connectivity index (χ1) is 2.56. The Balaban J connectivity index is 3.17. The molecule has 0 rings (SSSR count). The van der Waals surface area contributed by atoms with E-state index in [1.807, 2.05) is 0 Å². The summed E-state index contributed by atoms with van der Waals surface area (Å²) in [7, 11) is 0. The van der Waals surface area contributed by atoms with E-state index in [2.05, 4.69) is 73.8 Å². The van der Waals surface area contributed by atoms with Crippen LogP contribution in [0.15, 0.2) is 0 Å². The molecule has 0 aliphatic carbocycles. The predicted molar refractivity (Wildman–Crippen MR) is 48.6 cm³/mol. The summed E-state index contributed by atoms with van der Waals surface area (Å²) >= 11 is 11.7. The fourth-order valence-electron chi connectivity index (χ4n) is 0. The van der Waals surface area contributed by atoms with Crippen LogP contribution < -0.4 is 19.0 Å². The van der Waals surface area contributed by atoms with Gasteiger partial charge < -0.3 is 0 Å². The minimum absolute atomic E-state index is 0.167. The van der Waals surface area contributed by atoms with Crippen LogP contribution in [0.25, 0.3) is 0 Å². The van der Waals surface area contributed by atoms with Crippen LogP contribution in [0.1, 0.15) is 0 Å². The molecular formula is CBr2I3-. The van der Waals surface area contributed by atoms with E-state index >= 15 is 0 Å². The Labute approximate surface area is 89.0 Å². The summed E-state index contributed by atoms with van der Waals surface area (Å²) in [6.07, 6.45) is 0. The van der Waals surface area contributed by atoms with Gasteiger partial charge in [-0.2, -0.15) is 0 Å². The van der Waals surface area contributed by atoms with Crippen molar-refractivity contribution in [2.24, 2.45) is 0 Å². The van der Waals surface area contributed by atoms with E-state index in [-0.39, 0.29) is 19.0 Å². The number of hydrogen-bond acceptors (Lipinski definition) is 0. The molecule has 0 aromatic rings. The number of hydrogen-bond donors (Lipinski definition) is 0. The van der Waals surface area contributed by atoms with Gasteiger partial charge >= 0.3 is 91.1 Å². The third kappa shape index (κ3) is 7.15. The third-order valence-corrected chi connectivity index (χ3v) is 17.5. The molecule has 0 N–H and O–H groups in total. The molecule has 0 atom stereocenters. The molecule has 0 saturated carbocycles. The Bertz CT molecular complexity index is 38.5. The van der Waals surface area contributed by atoms with Crippen LogP contribution in [0.5, 0.6) is 0 Å². The van der Waals surface area contributed by atoms with Crippen molar-refractivity contribution in [1.29, 1.82) is 0 Å². The van der Waals surface area contributed by atoms with E-state index in [1.54, 1.807) is 0 Å². The first-order valence-electron chi connectivity index (χ1n) is 0.899. The van der Waals surface area contributed by atoms with Crippen LogP contribution in [0.2, 0.25) is 0 Å². The van der Waals surface area contributed by atoms with Gasteiger partial charge in [0.05, 0.1) is 0 Å². The van der Waals surface area contributed by atoms with Crippen molar-refractivity contribution in [1.82, 2.24) is 0 Å². The molecule has 0 amide bonds. The molecule has 6 heavy (non-hydrogen) atoms. The van der Waals surface area contributed by atoms with Gasteiger partial charge in [0.25, 0.3) is 0 Å². The maximum absolute atomic E-state index is 3.45. The van der Waals surface area contributed by atoms with Crippen LogP contribution in [0.3, 0.4) is 0 Å². The summed E-state index contributed by atoms with van der Waals surface area (Å²) in [5.74, 6) is 0. The van der Waals surface area contributed by atoms with Gasteiger partial charge in [-0.25, -0.2) is 0 Å². The van der Waals surface area contributed by atoms with Crippen LogP contribution in [-0.2, 0) is 0 Å². The van der Waals surface area contributed by atoms with Gasteiger partial charge in [0, 0.05) is 0 Å². The van der Waals surface area contributed by atoms with E-state index in [0.29, 0.717) is -1.66 Å². The van der Waals surface area contributed by atoms with Crippen LogP contribution >= 0.6 is 73.8 Å². The zero-order chi connectivity index (χ0) is 5.21. The normalized spacial score (nSPS) is 12.7. The molecule has 0 spiro atoms. The molecule has 0 saturated heterocycles. The quantitative estimate of drug-likeness (QED) is 0.324. The van der Waals surface area contributed by atoms with E-state index in [0.717, 1.165) is 0 Å². The molecular weight excluding hydrogens is 553 g/mol. The van der Waals surface area contributed by atoms with Gasteiger partial charge in [0.2, 0.25) is 0 Å². The van der Waals surface area contributed by atoms with Crippen molar-refractivity contribution in [2.75, 3.05) is 0 Å². The Morgan fingerprint density at radius 2 is 1.67 bits per heavy atom. The Kier molecular flexibility index (Phi) is 6.17. The molecule has 0 unspecified atom stereocenters. The molecule has 0 aliphatic rings. The van der Waals surface area contributed by atoms with Gasteiger partial charge in [-0.3, -0.25) is 0 Å². The van der Waals surface area contributed by atoms with Crippen molar-refractivity contribution < 1.29 is 19.0 Å². The zero-order valence-corrected chi connectivity index (χ0v) is 12.0. The monoisotopic (exact) mass is 551 g/mol. The molecule has 0 aromatic carbocycles. The van der Waals surface area contributed by atoms with Gasteiger partial charge in [-0.05, 0) is 0 Å². The minimum atomic E-state index is 0.167. The Morgan fingerprint density at radius 3 is 1.67 bits per heavy atom. The Hall–Kier alpha value is 3.15. The van der Waals surface area contributed by atoms with Gasteiger partial charge in [-0.1, -0.05) is 0 Å². The fraction of sp³-hybridized carbons (Fsp3) is 1.00. The topological polar surface area (TPSA) is 0 Å². The summed E-state index contributed by atoms with van der Waals surface area (Å²) < 4.78 is 0.321. The average Bonchev–Trinajstić information content (AvgIpc) is 1.35. The zero-order valence-electron chi connectivity index (χ0n) is 2.39. The molecule has 0 heterocycles. The third-order valence-electron chi connectivity index (χ3n) is 0.0810. The van der Waals surface area contributed by atoms with Gasteiger partial charge in [0.15, 0.2) is 0 Å². The summed E-state index contributed by atoms with van der Waals surface area (Å²) in [6.45, 7) is 0. The summed E-state index contributed by atoms with van der Waals surface area (Å²) in [6, 6.07) is 0. The first kappa shape index (κ1) is 9.15. The SMILES string of the molecule is Br[I-]C(Br)(I)I. The fourth-order valence-corrected chi connectivity index (χ4v) is 0. The molecule has 0 aromatic heterocycles. The Morgan fingerprint density at radius 1 is 1.50 bits per heavy atom. The average molecular weight is 553 g/mol. The van der Waals surface area contributed by atoms with E-state index in [1.165, 1.54) is 0 Å². The molecule has 0 bridgehead atoms. The molecule has 0 fully saturated rings. The summed E-state index contributed by atoms with van der Waals surface area (Å²) in [4.78, 5) is 0. The first-order valence-corrected chi connectivity index (χ1v) is 9.76. The standard InChI is InChI=1S/CBr2I3/c2-1(4,5)6-3/q-1. The second-order valence-corrected chi connectivity index (χ2v) is 19.6. The number of halogens is 5. The van der Waals surface area contributed by atoms with Crippen molar-refractivity contribution >= 4 is 73.8 Å². The van der Waals surface area contributed by atoms with E-state index < -0.39 is 0 Å². The second-order valence-electron chi connectivity index (χ2n) is 0.500. The second kappa shape index (κ2) is 4.04. The van der Waals surface area contributed by atoms with Crippen molar-refractivity contribution in [3.8, 4) is 0 Å². The number of alkyl halides is 4. The van der Waals surface area contributed by atoms with Crippen LogP contribution in [-0.4, -0.2) is -1.66 Å². The molecule has 0 nitrogen and oxygen atoms in total. The molecule has 5 heteroatoms.